The van der Waals surface area contributed by atoms with Crippen molar-refractivity contribution in [3.63, 3.8) is 0 Å². The summed E-state index contributed by atoms with van der Waals surface area (Å²) in [7, 11) is 3.16. The van der Waals surface area contributed by atoms with Gasteiger partial charge in [-0.05, 0) is 6.92 Å². The monoisotopic (exact) mass is 328 g/mol. The Morgan fingerprint density at radius 2 is 2.23 bits per heavy atom. The number of nitrogens with one attached hydrogen (secondary N) is 1. The molecular formula is C13H20N4O4S. The van der Waals surface area contributed by atoms with Crippen LogP contribution in [0.1, 0.15) is 18.4 Å². The molecule has 2 rings (SSSR count). The molecule has 1 aliphatic rings. The van der Waals surface area contributed by atoms with Gasteiger partial charge in [-0.1, -0.05) is 11.3 Å². The highest BCUT2D eigenvalue weighted by atomic mass is 32.1. The van der Waals surface area contributed by atoms with Crippen molar-refractivity contribution in [2.45, 2.75) is 26.0 Å². The average Bonchev–Trinajstić information content (AvgIpc) is 3.06. The molecule has 0 saturated carbocycles. The number of methoxy groups -OCH3 is 2. The summed E-state index contributed by atoms with van der Waals surface area (Å²) in [6.07, 6.45) is 0.212. The molecule has 0 unspecified atom stereocenters. The van der Waals surface area contributed by atoms with E-state index in [2.05, 4.69) is 15.5 Å². The molecule has 9 heteroatoms. The lowest BCUT2D eigenvalue weighted by Crippen LogP contribution is -2.38. The van der Waals surface area contributed by atoms with Crippen molar-refractivity contribution in [1.29, 1.82) is 0 Å². The van der Waals surface area contributed by atoms with E-state index in [0.29, 0.717) is 29.9 Å². The van der Waals surface area contributed by atoms with Gasteiger partial charge in [-0.15, -0.1) is 10.2 Å². The van der Waals surface area contributed by atoms with Crippen molar-refractivity contribution in [3.8, 4) is 0 Å². The zero-order valence-electron chi connectivity index (χ0n) is 12.9. The first-order valence-corrected chi connectivity index (χ1v) is 7.77. The van der Waals surface area contributed by atoms with Crippen LogP contribution in [0.25, 0.3) is 0 Å². The van der Waals surface area contributed by atoms with Crippen molar-refractivity contribution in [2.24, 2.45) is 5.92 Å². The molecule has 0 bridgehead atoms. The van der Waals surface area contributed by atoms with Crippen LogP contribution in [0.5, 0.6) is 0 Å². The minimum atomic E-state index is -0.374. The number of likely N-dealkylation sites (tertiary alicyclic amines) is 1. The van der Waals surface area contributed by atoms with Crippen LogP contribution < -0.4 is 5.32 Å². The Hall–Kier alpha value is -1.58. The zero-order valence-corrected chi connectivity index (χ0v) is 13.7. The number of aromatic nitrogens is 2. The van der Waals surface area contributed by atoms with E-state index < -0.39 is 0 Å². The molecule has 0 radical (unpaired) electrons. The van der Waals surface area contributed by atoms with Crippen molar-refractivity contribution >= 4 is 28.3 Å². The second-order valence-electron chi connectivity index (χ2n) is 5.17. The molecule has 1 aromatic heterocycles. The van der Waals surface area contributed by atoms with Gasteiger partial charge in [-0.3, -0.25) is 9.59 Å². The number of anilines is 1. The number of rotatable bonds is 7. The molecule has 0 aliphatic carbocycles. The molecular weight excluding hydrogens is 308 g/mol. The Labute approximate surface area is 132 Å². The van der Waals surface area contributed by atoms with E-state index in [0.717, 1.165) is 0 Å². The summed E-state index contributed by atoms with van der Waals surface area (Å²) in [4.78, 5) is 25.9. The van der Waals surface area contributed by atoms with Crippen molar-refractivity contribution in [2.75, 3.05) is 32.7 Å². The SMILES string of the molecule is COCc1nnc(NC(=O)[C@@H]2CC(=O)N([C@H](C)COC)C2)s1. The molecule has 8 nitrogen and oxygen atoms in total. The Morgan fingerprint density at radius 1 is 1.45 bits per heavy atom. The normalized spacial score (nSPS) is 19.5. The van der Waals surface area contributed by atoms with Crippen LogP contribution >= 0.6 is 11.3 Å². The lowest BCUT2D eigenvalue weighted by molar-refractivity contribution is -0.130. The fourth-order valence-electron chi connectivity index (χ4n) is 2.36. The van der Waals surface area contributed by atoms with E-state index in [-0.39, 0.29) is 30.2 Å². The molecule has 2 amide bonds. The van der Waals surface area contributed by atoms with E-state index in [9.17, 15) is 9.59 Å². The Balaban J connectivity index is 1.91. The van der Waals surface area contributed by atoms with E-state index in [1.807, 2.05) is 6.92 Å². The van der Waals surface area contributed by atoms with Gasteiger partial charge in [0.15, 0.2) is 0 Å². The number of nitrogens with zero attached hydrogens (tertiary/aromatic N) is 3. The highest BCUT2D eigenvalue weighted by Gasteiger charge is 2.36. The molecule has 1 saturated heterocycles. The van der Waals surface area contributed by atoms with E-state index in [1.165, 1.54) is 11.3 Å². The van der Waals surface area contributed by atoms with Gasteiger partial charge >= 0.3 is 0 Å². The first-order chi connectivity index (χ1) is 10.5. The number of carbonyl (C=O) groups is 2. The van der Waals surface area contributed by atoms with E-state index >= 15 is 0 Å². The van der Waals surface area contributed by atoms with Gasteiger partial charge in [0.1, 0.15) is 11.6 Å². The number of ether oxygens (including phenoxy) is 2. The molecule has 1 N–H and O–H groups in total. The summed E-state index contributed by atoms with van der Waals surface area (Å²) in [5.41, 5.74) is 0. The maximum Gasteiger partial charge on any atom is 0.231 e. The lowest BCUT2D eigenvalue weighted by Gasteiger charge is -2.23. The molecule has 1 fully saturated rings. The summed E-state index contributed by atoms with van der Waals surface area (Å²) in [6, 6.07) is -0.0369. The molecule has 22 heavy (non-hydrogen) atoms. The van der Waals surface area contributed by atoms with Gasteiger partial charge in [-0.2, -0.15) is 0 Å². The first-order valence-electron chi connectivity index (χ1n) is 6.95. The minimum Gasteiger partial charge on any atom is -0.383 e. The third kappa shape index (κ3) is 3.99. The zero-order chi connectivity index (χ0) is 16.1. The van der Waals surface area contributed by atoms with Gasteiger partial charge in [0.05, 0.1) is 18.6 Å². The van der Waals surface area contributed by atoms with Crippen LogP contribution in [0.3, 0.4) is 0 Å². The van der Waals surface area contributed by atoms with Crippen molar-refractivity contribution in [3.05, 3.63) is 5.01 Å². The molecule has 1 aromatic rings. The fraction of sp³-hybridized carbons (Fsp3) is 0.692. The molecule has 2 heterocycles. The Bertz CT molecular complexity index is 536. The summed E-state index contributed by atoms with van der Waals surface area (Å²) < 4.78 is 10.0. The van der Waals surface area contributed by atoms with Crippen molar-refractivity contribution < 1.29 is 19.1 Å². The highest BCUT2D eigenvalue weighted by Crippen LogP contribution is 2.23. The third-order valence-corrected chi connectivity index (χ3v) is 4.25. The van der Waals surface area contributed by atoms with Crippen molar-refractivity contribution in [1.82, 2.24) is 15.1 Å². The largest absolute Gasteiger partial charge is 0.383 e. The molecule has 2 atom stereocenters. The molecule has 0 spiro atoms. The van der Waals surface area contributed by atoms with Gasteiger partial charge in [0.25, 0.3) is 0 Å². The number of carbonyl (C=O) groups excluding carboxylic acids is 2. The maximum atomic E-state index is 12.2. The minimum absolute atomic E-state index is 0.0259. The van der Waals surface area contributed by atoms with Gasteiger partial charge in [0, 0.05) is 27.2 Å². The van der Waals surface area contributed by atoms with Crippen LogP contribution in [0.15, 0.2) is 0 Å². The van der Waals surface area contributed by atoms with Gasteiger partial charge in [-0.25, -0.2) is 0 Å². The number of amides is 2. The quantitative estimate of drug-likeness (QED) is 0.784. The summed E-state index contributed by atoms with van der Waals surface area (Å²) in [5, 5.41) is 11.6. The average molecular weight is 328 g/mol. The lowest BCUT2D eigenvalue weighted by atomic mass is 10.1. The molecule has 1 aliphatic heterocycles. The highest BCUT2D eigenvalue weighted by molar-refractivity contribution is 7.15. The summed E-state index contributed by atoms with van der Waals surface area (Å²) in [5.74, 6) is -0.607. The fourth-order valence-corrected chi connectivity index (χ4v) is 3.07. The Kier molecular flexibility index (Phi) is 5.81. The second-order valence-corrected chi connectivity index (χ2v) is 6.24. The first kappa shape index (κ1) is 16.8. The number of hydrogen-bond donors (Lipinski definition) is 1. The third-order valence-electron chi connectivity index (χ3n) is 3.43. The van der Waals surface area contributed by atoms with Gasteiger partial charge in [0.2, 0.25) is 16.9 Å². The number of hydrogen-bond acceptors (Lipinski definition) is 7. The van der Waals surface area contributed by atoms with Crippen LogP contribution in [-0.2, 0) is 25.7 Å². The van der Waals surface area contributed by atoms with Crippen LogP contribution in [0.4, 0.5) is 5.13 Å². The smallest absolute Gasteiger partial charge is 0.231 e. The van der Waals surface area contributed by atoms with E-state index in [1.54, 1.807) is 19.1 Å². The standard InChI is InChI=1S/C13H20N4O4S/c1-8(6-20-2)17-5-9(4-11(17)18)12(19)14-13-16-15-10(22-13)7-21-3/h8-9H,4-7H2,1-3H3,(H,14,16,19)/t8-,9-/m1/s1. The van der Waals surface area contributed by atoms with Crippen LogP contribution in [0, 0.1) is 5.92 Å². The molecule has 0 aromatic carbocycles. The predicted octanol–water partition coefficient (Wildman–Crippen LogP) is 0.506. The van der Waals surface area contributed by atoms with Gasteiger partial charge < -0.3 is 19.7 Å². The topological polar surface area (TPSA) is 93.7 Å². The maximum absolute atomic E-state index is 12.2. The van der Waals surface area contributed by atoms with Crippen LogP contribution in [-0.4, -0.2) is 60.3 Å². The summed E-state index contributed by atoms with van der Waals surface area (Å²) in [6.45, 7) is 3.12. The predicted molar refractivity (Wildman–Crippen MR) is 80.4 cm³/mol. The second kappa shape index (κ2) is 7.61. The Morgan fingerprint density at radius 3 is 2.91 bits per heavy atom. The van der Waals surface area contributed by atoms with Crippen LogP contribution in [0.2, 0.25) is 0 Å². The van der Waals surface area contributed by atoms with E-state index in [4.69, 9.17) is 9.47 Å². The molecule has 122 valence electrons. The summed E-state index contributed by atoms with van der Waals surface area (Å²) >= 11 is 1.26.